The van der Waals surface area contributed by atoms with Crippen LogP contribution in [0.3, 0.4) is 0 Å². The molecule has 0 aliphatic carbocycles. The molecule has 0 N–H and O–H groups in total. The minimum Gasteiger partial charge on any atom is -0.497 e. The van der Waals surface area contributed by atoms with Gasteiger partial charge < -0.3 is 9.47 Å². The molecule has 0 fully saturated rings. The van der Waals surface area contributed by atoms with E-state index in [0.717, 1.165) is 11.5 Å². The summed E-state index contributed by atoms with van der Waals surface area (Å²) in [5.41, 5.74) is 2.48. The summed E-state index contributed by atoms with van der Waals surface area (Å²) in [7, 11) is 1.92. The lowest BCUT2D eigenvalue weighted by molar-refractivity contribution is 0.414. The maximum absolute atomic E-state index is 5.26. The van der Waals surface area contributed by atoms with Crippen molar-refractivity contribution in [3.63, 3.8) is 0 Å². The van der Waals surface area contributed by atoms with E-state index in [1.54, 1.807) is 14.2 Å². The Hall–Kier alpha value is -2.00. The van der Waals surface area contributed by atoms with Gasteiger partial charge in [0.05, 0.1) is 22.3 Å². The van der Waals surface area contributed by atoms with Crippen molar-refractivity contribution >= 4 is 19.3 Å². The van der Waals surface area contributed by atoms with Gasteiger partial charge in [-0.25, -0.2) is 0 Å². The van der Waals surface area contributed by atoms with E-state index in [0.29, 0.717) is 0 Å². The molecule has 2 aromatic rings. The maximum atomic E-state index is 5.26. The Labute approximate surface area is 134 Å². The average Bonchev–Trinajstić information content (AvgIpc) is 2.52. The highest BCUT2D eigenvalue weighted by molar-refractivity contribution is 6.94. The fourth-order valence-electron chi connectivity index (χ4n) is 2.37. The smallest absolute Gasteiger partial charge is 0.118 e. The Morgan fingerprint density at radius 3 is 1.64 bits per heavy atom. The fraction of sp³-hybridized carbons (Fsp3) is 0.263. The Morgan fingerprint density at radius 1 is 0.773 bits per heavy atom. The van der Waals surface area contributed by atoms with E-state index < -0.39 is 8.07 Å². The van der Waals surface area contributed by atoms with Crippen LogP contribution >= 0.6 is 0 Å². The van der Waals surface area contributed by atoms with Crippen molar-refractivity contribution in [1.82, 2.24) is 0 Å². The van der Waals surface area contributed by atoms with Crippen molar-refractivity contribution in [2.75, 3.05) is 14.2 Å². The van der Waals surface area contributed by atoms with Crippen molar-refractivity contribution < 1.29 is 9.47 Å². The molecule has 2 rings (SSSR count). The highest BCUT2D eigenvalue weighted by Crippen LogP contribution is 2.29. The van der Waals surface area contributed by atoms with E-state index in [1.807, 2.05) is 24.3 Å². The Kier molecular flexibility index (Phi) is 5.09. The second kappa shape index (κ2) is 6.84. The fourth-order valence-corrected chi connectivity index (χ4v) is 4.00. The third kappa shape index (κ3) is 4.01. The van der Waals surface area contributed by atoms with Crippen molar-refractivity contribution in [2.45, 2.75) is 19.6 Å². The first-order valence-corrected chi connectivity index (χ1v) is 10.9. The molecule has 0 aromatic heterocycles. The van der Waals surface area contributed by atoms with Gasteiger partial charge >= 0.3 is 0 Å². The van der Waals surface area contributed by atoms with Gasteiger partial charge in [-0.05, 0) is 35.4 Å². The number of methoxy groups -OCH3 is 2. The summed E-state index contributed by atoms with van der Waals surface area (Å²) in [5.74, 6) is 1.78. The van der Waals surface area contributed by atoms with Gasteiger partial charge in [-0.1, -0.05) is 55.2 Å². The molecular formula is C19H24O2Si. The van der Waals surface area contributed by atoms with E-state index in [-0.39, 0.29) is 0 Å². The summed E-state index contributed by atoms with van der Waals surface area (Å²) in [6, 6.07) is 16.5. The molecule has 0 amide bonds. The molecule has 0 unspecified atom stereocenters. The van der Waals surface area contributed by atoms with Gasteiger partial charge in [-0.15, -0.1) is 0 Å². The number of hydrogen-bond acceptors (Lipinski definition) is 2. The molecule has 0 saturated heterocycles. The molecule has 0 atom stereocenters. The van der Waals surface area contributed by atoms with E-state index in [1.165, 1.54) is 16.3 Å². The van der Waals surface area contributed by atoms with E-state index in [9.17, 15) is 0 Å². The summed E-state index contributed by atoms with van der Waals surface area (Å²) >= 11 is 0. The summed E-state index contributed by atoms with van der Waals surface area (Å²) < 4.78 is 10.5. The van der Waals surface area contributed by atoms with Gasteiger partial charge in [0.25, 0.3) is 0 Å². The van der Waals surface area contributed by atoms with Gasteiger partial charge in [-0.3, -0.25) is 0 Å². The lowest BCUT2D eigenvalue weighted by atomic mass is 10.1. The lowest BCUT2D eigenvalue weighted by Gasteiger charge is -2.22. The summed E-state index contributed by atoms with van der Waals surface area (Å²) in [6.45, 7) is 7.10. The first-order chi connectivity index (χ1) is 10.4. The van der Waals surface area contributed by atoms with Crippen molar-refractivity contribution in [3.8, 4) is 11.5 Å². The maximum Gasteiger partial charge on any atom is 0.118 e. The molecule has 0 saturated carbocycles. The van der Waals surface area contributed by atoms with Crippen LogP contribution in [-0.2, 0) is 0 Å². The predicted molar refractivity (Wildman–Crippen MR) is 97.2 cm³/mol. The molecule has 2 aromatic carbocycles. The number of hydrogen-bond donors (Lipinski definition) is 0. The van der Waals surface area contributed by atoms with Crippen LogP contribution in [0.15, 0.2) is 48.5 Å². The molecule has 0 radical (unpaired) electrons. The van der Waals surface area contributed by atoms with Crippen LogP contribution in [0.2, 0.25) is 19.6 Å². The predicted octanol–water partition coefficient (Wildman–Crippen LogP) is 5.12. The number of ether oxygens (including phenoxy) is 2. The van der Waals surface area contributed by atoms with Crippen molar-refractivity contribution in [2.24, 2.45) is 0 Å². The standard InChI is InChI=1S/C19H24O2Si/c1-20-17-10-6-15(7-11-17)14-19(22(3,4)5)16-8-12-18(21-2)13-9-16/h6-14H,1-5H3. The Balaban J connectivity index is 2.42. The van der Waals surface area contributed by atoms with Crippen LogP contribution in [-0.4, -0.2) is 22.3 Å². The third-order valence-electron chi connectivity index (χ3n) is 3.64. The summed E-state index contributed by atoms with van der Waals surface area (Å²) in [5, 5.41) is 1.43. The zero-order valence-electron chi connectivity index (χ0n) is 14.0. The Morgan fingerprint density at radius 2 is 1.23 bits per heavy atom. The third-order valence-corrected chi connectivity index (χ3v) is 5.68. The van der Waals surface area contributed by atoms with E-state index in [4.69, 9.17) is 9.47 Å². The lowest BCUT2D eigenvalue weighted by Crippen LogP contribution is -2.22. The first kappa shape index (κ1) is 16.4. The quantitative estimate of drug-likeness (QED) is 0.563. The second-order valence-electron chi connectivity index (χ2n) is 6.31. The Bertz CT molecular complexity index is 635. The second-order valence-corrected chi connectivity index (χ2v) is 11.3. The van der Waals surface area contributed by atoms with Crippen LogP contribution in [0.1, 0.15) is 11.1 Å². The van der Waals surface area contributed by atoms with Crippen molar-refractivity contribution in [1.29, 1.82) is 0 Å². The topological polar surface area (TPSA) is 18.5 Å². The highest BCUT2D eigenvalue weighted by Gasteiger charge is 2.21. The average molecular weight is 312 g/mol. The molecule has 0 aliphatic heterocycles. The van der Waals surface area contributed by atoms with Gasteiger partial charge in [0.15, 0.2) is 0 Å². The minimum atomic E-state index is -1.47. The van der Waals surface area contributed by atoms with Crippen LogP contribution in [0, 0.1) is 0 Å². The normalized spacial score (nSPS) is 12.1. The molecule has 3 heteroatoms. The minimum absolute atomic E-state index is 0.885. The van der Waals surface area contributed by atoms with Gasteiger partial charge in [0.1, 0.15) is 11.5 Å². The number of benzene rings is 2. The highest BCUT2D eigenvalue weighted by atomic mass is 28.3. The molecule has 22 heavy (non-hydrogen) atoms. The first-order valence-electron chi connectivity index (χ1n) is 7.44. The van der Waals surface area contributed by atoms with Crippen LogP contribution in [0.5, 0.6) is 11.5 Å². The van der Waals surface area contributed by atoms with E-state index >= 15 is 0 Å². The molecular weight excluding hydrogens is 288 g/mol. The van der Waals surface area contributed by atoms with Gasteiger partial charge in [-0.2, -0.15) is 0 Å². The van der Waals surface area contributed by atoms with Gasteiger partial charge in [0, 0.05) is 0 Å². The SMILES string of the molecule is COc1ccc(C=C(c2ccc(OC)cc2)[Si](C)(C)C)cc1. The zero-order chi connectivity index (χ0) is 16.2. The zero-order valence-corrected chi connectivity index (χ0v) is 15.0. The number of rotatable bonds is 5. The van der Waals surface area contributed by atoms with Gasteiger partial charge in [0.2, 0.25) is 0 Å². The summed E-state index contributed by atoms with van der Waals surface area (Å²) in [6.07, 6.45) is 2.30. The largest absolute Gasteiger partial charge is 0.497 e. The van der Waals surface area contributed by atoms with E-state index in [2.05, 4.69) is 50.0 Å². The molecule has 116 valence electrons. The molecule has 2 nitrogen and oxygen atoms in total. The summed E-state index contributed by atoms with van der Waals surface area (Å²) in [4.78, 5) is 0. The monoisotopic (exact) mass is 312 g/mol. The van der Waals surface area contributed by atoms with Crippen LogP contribution in [0.25, 0.3) is 11.3 Å². The molecule has 0 bridgehead atoms. The molecule has 0 heterocycles. The van der Waals surface area contributed by atoms with Crippen LogP contribution < -0.4 is 9.47 Å². The van der Waals surface area contributed by atoms with Crippen molar-refractivity contribution in [3.05, 3.63) is 59.7 Å². The molecule has 0 aliphatic rings. The van der Waals surface area contributed by atoms with Crippen LogP contribution in [0.4, 0.5) is 0 Å². The molecule has 0 spiro atoms.